The highest BCUT2D eigenvalue weighted by atomic mass is 79.9. The molecule has 2 rings (SSSR count). The lowest BCUT2D eigenvalue weighted by molar-refractivity contribution is 0.407. The maximum atomic E-state index is 6.35. The highest BCUT2D eigenvalue weighted by Gasteiger charge is 2.17. The largest absolute Gasteiger partial charge is 0.496 e. The summed E-state index contributed by atoms with van der Waals surface area (Å²) < 4.78 is 6.33. The van der Waals surface area contributed by atoms with Gasteiger partial charge in [0, 0.05) is 15.1 Å². The van der Waals surface area contributed by atoms with Gasteiger partial charge in [-0.05, 0) is 36.2 Å². The second-order valence-electron chi connectivity index (χ2n) is 4.34. The summed E-state index contributed by atoms with van der Waals surface area (Å²) in [5.74, 6) is 0.758. The van der Waals surface area contributed by atoms with Crippen LogP contribution in [0.3, 0.4) is 0 Å². The minimum atomic E-state index is -0.320. The van der Waals surface area contributed by atoms with Gasteiger partial charge in [-0.2, -0.15) is 0 Å². The topological polar surface area (TPSA) is 35.2 Å². The Morgan fingerprint density at radius 2 is 1.95 bits per heavy atom. The minimum Gasteiger partial charge on any atom is -0.496 e. The predicted molar refractivity (Wildman–Crippen MR) is 82.9 cm³/mol. The Morgan fingerprint density at radius 1 is 1.21 bits per heavy atom. The van der Waals surface area contributed by atoms with E-state index >= 15 is 0 Å². The van der Waals surface area contributed by atoms with Crippen molar-refractivity contribution >= 4 is 27.5 Å². The van der Waals surface area contributed by atoms with Gasteiger partial charge in [-0.3, -0.25) is 0 Å². The van der Waals surface area contributed by atoms with Crippen LogP contribution >= 0.6 is 27.5 Å². The zero-order chi connectivity index (χ0) is 14.0. The number of nitrogens with two attached hydrogens (primary N) is 1. The van der Waals surface area contributed by atoms with E-state index in [4.69, 9.17) is 22.1 Å². The smallest absolute Gasteiger partial charge is 0.124 e. The van der Waals surface area contributed by atoms with Gasteiger partial charge < -0.3 is 10.5 Å². The van der Waals surface area contributed by atoms with Gasteiger partial charge in [0.05, 0.1) is 13.2 Å². The third kappa shape index (κ3) is 2.94. The number of methoxy groups -OCH3 is 1. The van der Waals surface area contributed by atoms with Crippen LogP contribution in [0.15, 0.2) is 40.9 Å². The van der Waals surface area contributed by atoms with Crippen LogP contribution in [0.5, 0.6) is 5.75 Å². The van der Waals surface area contributed by atoms with Crippen molar-refractivity contribution in [2.75, 3.05) is 7.11 Å². The molecule has 0 fully saturated rings. The first kappa shape index (κ1) is 14.4. The van der Waals surface area contributed by atoms with Crippen molar-refractivity contribution in [3.05, 3.63) is 62.6 Å². The molecule has 1 unspecified atom stereocenters. The molecule has 0 spiro atoms. The van der Waals surface area contributed by atoms with Gasteiger partial charge in [-0.25, -0.2) is 0 Å². The quantitative estimate of drug-likeness (QED) is 0.895. The minimum absolute atomic E-state index is 0.320. The third-order valence-electron chi connectivity index (χ3n) is 3.08. The van der Waals surface area contributed by atoms with Gasteiger partial charge in [0.2, 0.25) is 0 Å². The molecule has 0 aromatic heterocycles. The average Bonchev–Trinajstić information content (AvgIpc) is 2.41. The lowest BCUT2D eigenvalue weighted by Crippen LogP contribution is -2.14. The summed E-state index contributed by atoms with van der Waals surface area (Å²) in [5.41, 5.74) is 9.17. The van der Waals surface area contributed by atoms with E-state index in [1.54, 1.807) is 7.11 Å². The molecule has 2 N–H and O–H groups in total. The number of ether oxygens (including phenoxy) is 1. The molecule has 0 radical (unpaired) electrons. The van der Waals surface area contributed by atoms with Crippen molar-refractivity contribution in [2.45, 2.75) is 13.0 Å². The normalized spacial score (nSPS) is 12.3. The number of halogens is 2. The fourth-order valence-corrected chi connectivity index (χ4v) is 2.65. The van der Waals surface area contributed by atoms with Gasteiger partial charge in [-0.1, -0.05) is 45.7 Å². The Balaban J connectivity index is 2.52. The molecule has 0 aliphatic carbocycles. The van der Waals surface area contributed by atoms with Crippen LogP contribution in [0.25, 0.3) is 0 Å². The van der Waals surface area contributed by atoms with Crippen molar-refractivity contribution in [2.24, 2.45) is 5.73 Å². The summed E-state index contributed by atoms with van der Waals surface area (Å²) in [7, 11) is 1.64. The maximum absolute atomic E-state index is 6.35. The Labute approximate surface area is 126 Å². The van der Waals surface area contributed by atoms with Crippen LogP contribution in [-0.4, -0.2) is 7.11 Å². The van der Waals surface area contributed by atoms with E-state index in [1.165, 1.54) is 0 Å². The van der Waals surface area contributed by atoms with Crippen LogP contribution < -0.4 is 10.5 Å². The second kappa shape index (κ2) is 5.95. The molecule has 1 atom stereocenters. The Kier molecular flexibility index (Phi) is 4.50. The SMILES string of the molecule is COc1ccc(Br)cc1C(N)c1cccc(C)c1Cl. The van der Waals surface area contributed by atoms with E-state index in [-0.39, 0.29) is 6.04 Å². The highest BCUT2D eigenvalue weighted by Crippen LogP contribution is 2.34. The van der Waals surface area contributed by atoms with Crippen LogP contribution in [0.2, 0.25) is 5.02 Å². The average molecular weight is 341 g/mol. The molecule has 4 heteroatoms. The number of benzene rings is 2. The molecule has 100 valence electrons. The first-order chi connectivity index (χ1) is 9.04. The van der Waals surface area contributed by atoms with Crippen LogP contribution in [0.1, 0.15) is 22.7 Å². The number of aryl methyl sites for hydroxylation is 1. The molecule has 2 nitrogen and oxygen atoms in total. The molecular formula is C15H15BrClNO. The number of rotatable bonds is 3. The second-order valence-corrected chi connectivity index (χ2v) is 5.64. The van der Waals surface area contributed by atoms with E-state index < -0.39 is 0 Å². The molecule has 0 saturated heterocycles. The van der Waals surface area contributed by atoms with Gasteiger partial charge in [-0.15, -0.1) is 0 Å². The maximum Gasteiger partial charge on any atom is 0.124 e. The van der Waals surface area contributed by atoms with Crippen molar-refractivity contribution in [1.29, 1.82) is 0 Å². The van der Waals surface area contributed by atoms with Crippen molar-refractivity contribution in [3.8, 4) is 5.75 Å². The summed E-state index contributed by atoms with van der Waals surface area (Å²) in [5, 5.41) is 0.706. The van der Waals surface area contributed by atoms with E-state index in [0.29, 0.717) is 5.02 Å². The summed E-state index contributed by atoms with van der Waals surface area (Å²) >= 11 is 9.80. The summed E-state index contributed by atoms with van der Waals surface area (Å²) in [4.78, 5) is 0. The Bertz CT molecular complexity index is 601. The van der Waals surface area contributed by atoms with Gasteiger partial charge in [0.15, 0.2) is 0 Å². The van der Waals surface area contributed by atoms with Crippen LogP contribution in [-0.2, 0) is 0 Å². The number of hydrogen-bond donors (Lipinski definition) is 1. The molecule has 0 aliphatic rings. The molecule has 2 aromatic rings. The number of hydrogen-bond acceptors (Lipinski definition) is 2. The zero-order valence-corrected chi connectivity index (χ0v) is 13.1. The molecule has 0 aliphatic heterocycles. The summed E-state index contributed by atoms with van der Waals surface area (Å²) in [6.45, 7) is 1.97. The highest BCUT2D eigenvalue weighted by molar-refractivity contribution is 9.10. The predicted octanol–water partition coefficient (Wildman–Crippen LogP) is 4.47. The zero-order valence-electron chi connectivity index (χ0n) is 10.8. The molecular weight excluding hydrogens is 326 g/mol. The molecule has 0 amide bonds. The summed E-state index contributed by atoms with van der Waals surface area (Å²) in [6.07, 6.45) is 0. The van der Waals surface area contributed by atoms with Gasteiger partial charge in [0.25, 0.3) is 0 Å². The fraction of sp³-hybridized carbons (Fsp3) is 0.200. The van der Waals surface area contributed by atoms with Gasteiger partial charge >= 0.3 is 0 Å². The summed E-state index contributed by atoms with van der Waals surface area (Å²) in [6, 6.07) is 11.3. The first-order valence-corrected chi connectivity index (χ1v) is 7.05. The Hall–Kier alpha value is -1.03. The molecule has 0 bridgehead atoms. The fourth-order valence-electron chi connectivity index (χ4n) is 2.03. The Morgan fingerprint density at radius 3 is 2.63 bits per heavy atom. The molecule has 2 aromatic carbocycles. The molecule has 0 heterocycles. The van der Waals surface area contributed by atoms with Crippen LogP contribution in [0.4, 0.5) is 0 Å². The molecule has 19 heavy (non-hydrogen) atoms. The first-order valence-electron chi connectivity index (χ1n) is 5.88. The van der Waals surface area contributed by atoms with E-state index in [1.807, 2.05) is 43.3 Å². The monoisotopic (exact) mass is 339 g/mol. The van der Waals surface area contributed by atoms with E-state index in [0.717, 1.165) is 26.9 Å². The van der Waals surface area contributed by atoms with Crippen molar-refractivity contribution in [1.82, 2.24) is 0 Å². The standard InChI is InChI=1S/C15H15BrClNO/c1-9-4-3-5-11(14(9)17)15(18)12-8-10(16)6-7-13(12)19-2/h3-8,15H,18H2,1-2H3. The molecule has 0 saturated carbocycles. The lowest BCUT2D eigenvalue weighted by Gasteiger charge is -2.18. The third-order valence-corrected chi connectivity index (χ3v) is 4.09. The van der Waals surface area contributed by atoms with Gasteiger partial charge in [0.1, 0.15) is 5.75 Å². The van der Waals surface area contributed by atoms with E-state index in [9.17, 15) is 0 Å². The van der Waals surface area contributed by atoms with E-state index in [2.05, 4.69) is 15.9 Å². The van der Waals surface area contributed by atoms with Crippen molar-refractivity contribution < 1.29 is 4.74 Å². The lowest BCUT2D eigenvalue weighted by atomic mass is 9.97. The van der Waals surface area contributed by atoms with Crippen LogP contribution in [0, 0.1) is 6.92 Å². The van der Waals surface area contributed by atoms with Crippen molar-refractivity contribution in [3.63, 3.8) is 0 Å².